The van der Waals surface area contributed by atoms with Gasteiger partial charge in [-0.25, -0.2) is 0 Å². The summed E-state index contributed by atoms with van der Waals surface area (Å²) in [5.41, 5.74) is 0. The smallest absolute Gasteiger partial charge is 0.149 e. The molecule has 1 atom stereocenters. The molecule has 0 spiro atoms. The van der Waals surface area contributed by atoms with Crippen molar-refractivity contribution in [3.8, 4) is 0 Å². The molecule has 1 aliphatic heterocycles. The van der Waals surface area contributed by atoms with Crippen LogP contribution in [0.25, 0.3) is 0 Å². The van der Waals surface area contributed by atoms with Gasteiger partial charge in [-0.1, -0.05) is 13.8 Å². The fraction of sp³-hybridized carbons (Fsp3) is 0.917. The first-order chi connectivity index (χ1) is 7.00. The van der Waals surface area contributed by atoms with Gasteiger partial charge in [-0.05, 0) is 33.5 Å². The third-order valence-electron chi connectivity index (χ3n) is 3.08. The molecule has 0 amide bonds. The van der Waals surface area contributed by atoms with Crippen LogP contribution in [0, 0.1) is 5.92 Å². The van der Waals surface area contributed by atoms with Crippen LogP contribution in [-0.4, -0.2) is 55.4 Å². The number of rotatable bonds is 5. The first-order valence-corrected chi connectivity index (χ1v) is 5.92. The van der Waals surface area contributed by atoms with Crippen LogP contribution in [-0.2, 0) is 4.79 Å². The maximum atomic E-state index is 11.7. The Morgan fingerprint density at radius 1 is 1.47 bits per heavy atom. The molecular formula is C12H24N2O. The molecule has 0 radical (unpaired) electrons. The summed E-state index contributed by atoms with van der Waals surface area (Å²) in [7, 11) is 4.20. The van der Waals surface area contributed by atoms with Crippen molar-refractivity contribution in [3.63, 3.8) is 0 Å². The Bertz CT molecular complexity index is 214. The number of Topliss-reactive ketones (excluding diaryl/α,β-unsaturated/α-hetero) is 1. The molecule has 0 aromatic heterocycles. The Kier molecular flexibility index (Phi) is 4.74. The SMILES string of the molecule is CC(C)C(=O)CN1CCCC1CN(C)C. The molecule has 1 aliphatic rings. The van der Waals surface area contributed by atoms with Crippen LogP contribution in [0.2, 0.25) is 0 Å². The first-order valence-electron chi connectivity index (χ1n) is 5.92. The Hall–Kier alpha value is -0.410. The molecule has 88 valence electrons. The zero-order chi connectivity index (χ0) is 11.4. The lowest BCUT2D eigenvalue weighted by Gasteiger charge is -2.26. The van der Waals surface area contributed by atoms with Crippen LogP contribution in [0.4, 0.5) is 0 Å². The molecule has 0 aromatic rings. The highest BCUT2D eigenvalue weighted by molar-refractivity contribution is 5.82. The molecule has 0 saturated carbocycles. The van der Waals surface area contributed by atoms with E-state index in [0.29, 0.717) is 18.4 Å². The first kappa shape index (κ1) is 12.7. The summed E-state index contributed by atoms with van der Waals surface area (Å²) in [5.74, 6) is 0.547. The second-order valence-electron chi connectivity index (χ2n) is 5.15. The van der Waals surface area contributed by atoms with E-state index < -0.39 is 0 Å². The van der Waals surface area contributed by atoms with Gasteiger partial charge in [-0.2, -0.15) is 0 Å². The van der Waals surface area contributed by atoms with Gasteiger partial charge in [0.2, 0.25) is 0 Å². The molecule has 1 unspecified atom stereocenters. The number of carbonyl (C=O) groups excluding carboxylic acids is 1. The molecular weight excluding hydrogens is 188 g/mol. The summed E-state index contributed by atoms with van der Waals surface area (Å²) < 4.78 is 0. The van der Waals surface area contributed by atoms with Gasteiger partial charge in [0.25, 0.3) is 0 Å². The number of hydrogen-bond acceptors (Lipinski definition) is 3. The average molecular weight is 212 g/mol. The van der Waals surface area contributed by atoms with E-state index in [-0.39, 0.29) is 5.92 Å². The van der Waals surface area contributed by atoms with Crippen molar-refractivity contribution in [2.24, 2.45) is 5.92 Å². The highest BCUT2D eigenvalue weighted by Crippen LogP contribution is 2.17. The van der Waals surface area contributed by atoms with Crippen LogP contribution < -0.4 is 0 Å². The topological polar surface area (TPSA) is 23.6 Å². The third kappa shape index (κ3) is 3.92. The third-order valence-corrected chi connectivity index (χ3v) is 3.08. The molecule has 0 N–H and O–H groups in total. The van der Waals surface area contributed by atoms with Crippen molar-refractivity contribution in [2.45, 2.75) is 32.7 Å². The summed E-state index contributed by atoms with van der Waals surface area (Å²) in [4.78, 5) is 16.2. The van der Waals surface area contributed by atoms with Crippen molar-refractivity contribution in [1.29, 1.82) is 0 Å². The van der Waals surface area contributed by atoms with Crippen LogP contribution in [0.3, 0.4) is 0 Å². The van der Waals surface area contributed by atoms with Gasteiger partial charge in [0.05, 0.1) is 6.54 Å². The van der Waals surface area contributed by atoms with Crippen LogP contribution >= 0.6 is 0 Å². The molecule has 3 heteroatoms. The largest absolute Gasteiger partial charge is 0.308 e. The van der Waals surface area contributed by atoms with Gasteiger partial charge >= 0.3 is 0 Å². The van der Waals surface area contributed by atoms with Gasteiger partial charge in [0.15, 0.2) is 0 Å². The van der Waals surface area contributed by atoms with Gasteiger partial charge in [-0.15, -0.1) is 0 Å². The van der Waals surface area contributed by atoms with E-state index in [0.717, 1.165) is 13.1 Å². The zero-order valence-electron chi connectivity index (χ0n) is 10.5. The monoisotopic (exact) mass is 212 g/mol. The number of likely N-dealkylation sites (N-methyl/N-ethyl adjacent to an activating group) is 1. The zero-order valence-corrected chi connectivity index (χ0v) is 10.5. The number of carbonyl (C=O) groups is 1. The Labute approximate surface area is 93.4 Å². The molecule has 0 aromatic carbocycles. The minimum atomic E-state index is 0.172. The summed E-state index contributed by atoms with van der Waals surface area (Å²) in [6.07, 6.45) is 2.48. The Morgan fingerprint density at radius 2 is 2.13 bits per heavy atom. The van der Waals surface area contributed by atoms with E-state index >= 15 is 0 Å². The molecule has 1 heterocycles. The second-order valence-corrected chi connectivity index (χ2v) is 5.15. The molecule has 1 rings (SSSR count). The van der Waals surface area contributed by atoms with Crippen molar-refractivity contribution in [3.05, 3.63) is 0 Å². The van der Waals surface area contributed by atoms with Crippen molar-refractivity contribution in [2.75, 3.05) is 33.7 Å². The highest BCUT2D eigenvalue weighted by Gasteiger charge is 2.26. The fourth-order valence-corrected chi connectivity index (χ4v) is 2.11. The number of ketones is 1. The average Bonchev–Trinajstić information content (AvgIpc) is 2.51. The number of likely N-dealkylation sites (tertiary alicyclic amines) is 1. The van der Waals surface area contributed by atoms with Gasteiger partial charge < -0.3 is 4.90 Å². The lowest BCUT2D eigenvalue weighted by molar-refractivity contribution is -0.123. The maximum Gasteiger partial charge on any atom is 0.149 e. The van der Waals surface area contributed by atoms with E-state index in [9.17, 15) is 4.79 Å². The van der Waals surface area contributed by atoms with Gasteiger partial charge in [0, 0.05) is 18.5 Å². The van der Waals surface area contributed by atoms with Crippen molar-refractivity contribution >= 4 is 5.78 Å². The van der Waals surface area contributed by atoms with E-state index in [1.165, 1.54) is 12.8 Å². The standard InChI is InChI=1S/C12H24N2O/c1-10(2)12(15)9-14-7-5-6-11(14)8-13(3)4/h10-11H,5-9H2,1-4H3. The predicted molar refractivity (Wildman–Crippen MR) is 63.0 cm³/mol. The summed E-state index contributed by atoms with van der Waals surface area (Å²) >= 11 is 0. The van der Waals surface area contributed by atoms with Crippen molar-refractivity contribution < 1.29 is 4.79 Å². The Morgan fingerprint density at radius 3 is 2.67 bits per heavy atom. The van der Waals surface area contributed by atoms with E-state index in [1.54, 1.807) is 0 Å². The van der Waals surface area contributed by atoms with Crippen LogP contribution in [0.5, 0.6) is 0 Å². The van der Waals surface area contributed by atoms with Gasteiger partial charge in [-0.3, -0.25) is 9.69 Å². The number of nitrogens with zero attached hydrogens (tertiary/aromatic N) is 2. The lowest BCUT2D eigenvalue weighted by Crippen LogP contribution is -2.41. The minimum Gasteiger partial charge on any atom is -0.308 e. The van der Waals surface area contributed by atoms with E-state index in [2.05, 4.69) is 23.9 Å². The van der Waals surface area contributed by atoms with E-state index in [1.807, 2.05) is 13.8 Å². The summed E-state index contributed by atoms with van der Waals surface area (Å²) in [6, 6.07) is 0.586. The Balaban J connectivity index is 2.42. The summed E-state index contributed by atoms with van der Waals surface area (Å²) in [5, 5.41) is 0. The quantitative estimate of drug-likeness (QED) is 0.685. The van der Waals surface area contributed by atoms with Crippen molar-refractivity contribution in [1.82, 2.24) is 9.80 Å². The molecule has 0 bridgehead atoms. The van der Waals surface area contributed by atoms with Crippen LogP contribution in [0.15, 0.2) is 0 Å². The normalized spacial score (nSPS) is 22.9. The molecule has 1 fully saturated rings. The molecule has 15 heavy (non-hydrogen) atoms. The van der Waals surface area contributed by atoms with E-state index in [4.69, 9.17) is 0 Å². The predicted octanol–water partition coefficient (Wildman–Crippen LogP) is 1.24. The molecule has 0 aliphatic carbocycles. The maximum absolute atomic E-state index is 11.7. The van der Waals surface area contributed by atoms with Gasteiger partial charge in [0.1, 0.15) is 5.78 Å². The minimum absolute atomic E-state index is 0.172. The highest BCUT2D eigenvalue weighted by atomic mass is 16.1. The van der Waals surface area contributed by atoms with Crippen LogP contribution in [0.1, 0.15) is 26.7 Å². The summed E-state index contributed by atoms with van der Waals surface area (Å²) in [6.45, 7) is 6.79. The number of hydrogen-bond donors (Lipinski definition) is 0. The lowest BCUT2D eigenvalue weighted by atomic mass is 10.1. The second kappa shape index (κ2) is 5.61. The molecule has 1 saturated heterocycles. The fourth-order valence-electron chi connectivity index (χ4n) is 2.11. The molecule has 3 nitrogen and oxygen atoms in total.